The molecular weight excluding hydrogens is 369 g/mol. The lowest BCUT2D eigenvalue weighted by atomic mass is 10.2. The van der Waals surface area contributed by atoms with Crippen LogP contribution in [0.3, 0.4) is 0 Å². The van der Waals surface area contributed by atoms with Crippen molar-refractivity contribution >= 4 is 23.7 Å². The van der Waals surface area contributed by atoms with E-state index in [0.717, 1.165) is 18.0 Å². The molecule has 1 aromatic heterocycles. The van der Waals surface area contributed by atoms with Gasteiger partial charge in [0.15, 0.2) is 0 Å². The van der Waals surface area contributed by atoms with Crippen molar-refractivity contribution in [3.63, 3.8) is 0 Å². The molecule has 0 aliphatic carbocycles. The van der Waals surface area contributed by atoms with E-state index in [0.29, 0.717) is 25.0 Å². The first kappa shape index (κ1) is 22.2. The summed E-state index contributed by atoms with van der Waals surface area (Å²) in [6.07, 6.45) is -2.79. The standard InChI is InChI=1S/C14H19FN4OS.C2H4F2O/c1-9(15)4-5-12-8-13(18-11(3)17-12)16-10(2)14(20)19-6-7-21-19;1-2(3,4)5/h8,10H,1,4-7H2,2-3H3,(H,16,17,18);5H,1H3/t10-;/m1./s1. The maximum atomic E-state index is 12.7. The van der Waals surface area contributed by atoms with Crippen LogP contribution in [0, 0.1) is 6.92 Å². The third kappa shape index (κ3) is 9.04. The van der Waals surface area contributed by atoms with E-state index in [2.05, 4.69) is 21.9 Å². The molecule has 1 fully saturated rings. The van der Waals surface area contributed by atoms with Gasteiger partial charge in [-0.05, 0) is 32.2 Å². The van der Waals surface area contributed by atoms with Crippen molar-refractivity contribution in [2.45, 2.75) is 45.8 Å². The smallest absolute Gasteiger partial charge is 0.350 e. The van der Waals surface area contributed by atoms with Gasteiger partial charge in [0.2, 0.25) is 0 Å². The lowest BCUT2D eigenvalue weighted by Crippen LogP contribution is -2.43. The normalized spacial score (nSPS) is 14.7. The third-order valence-corrected chi connectivity index (χ3v) is 4.10. The molecule has 1 atom stereocenters. The molecular formula is C16H23F3N4O2S. The highest BCUT2D eigenvalue weighted by Gasteiger charge is 2.26. The number of aromatic nitrogens is 2. The van der Waals surface area contributed by atoms with Crippen LogP contribution in [-0.4, -0.2) is 49.7 Å². The number of aliphatic hydroxyl groups is 1. The highest BCUT2D eigenvalue weighted by atomic mass is 32.2. The summed E-state index contributed by atoms with van der Waals surface area (Å²) in [5, 5.41) is 10.3. The van der Waals surface area contributed by atoms with Crippen molar-refractivity contribution in [1.29, 1.82) is 0 Å². The molecule has 146 valence electrons. The number of rotatable bonds is 6. The SMILES string of the molecule is C=C(F)CCc1cc(N[C@H](C)C(=O)N2CCS2)nc(C)n1.CC(O)(F)F. The van der Waals surface area contributed by atoms with Gasteiger partial charge in [0.25, 0.3) is 5.91 Å². The molecule has 2 N–H and O–H groups in total. The number of alkyl halides is 2. The van der Waals surface area contributed by atoms with Crippen LogP contribution in [0.2, 0.25) is 0 Å². The molecule has 2 heterocycles. The number of aryl methyl sites for hydroxylation is 2. The van der Waals surface area contributed by atoms with Gasteiger partial charge in [0.1, 0.15) is 17.7 Å². The average molecular weight is 392 g/mol. The van der Waals surface area contributed by atoms with Crippen molar-refractivity contribution in [3.05, 3.63) is 30.0 Å². The van der Waals surface area contributed by atoms with Crippen LogP contribution in [0.25, 0.3) is 0 Å². The second-order valence-electron chi connectivity index (χ2n) is 5.79. The summed E-state index contributed by atoms with van der Waals surface area (Å²) < 4.78 is 35.6. The number of nitrogens with one attached hydrogen (secondary N) is 1. The van der Waals surface area contributed by atoms with Crippen LogP contribution in [-0.2, 0) is 11.2 Å². The minimum atomic E-state index is -3.50. The summed E-state index contributed by atoms with van der Waals surface area (Å²) in [6, 6.07) is 1.40. The number of amides is 1. The Morgan fingerprint density at radius 2 is 2.12 bits per heavy atom. The van der Waals surface area contributed by atoms with Gasteiger partial charge < -0.3 is 10.4 Å². The molecule has 1 aliphatic rings. The molecule has 1 aromatic rings. The first-order valence-corrected chi connectivity index (χ1v) is 8.89. The van der Waals surface area contributed by atoms with Gasteiger partial charge >= 0.3 is 6.11 Å². The zero-order valence-electron chi connectivity index (χ0n) is 14.9. The zero-order chi connectivity index (χ0) is 19.9. The third-order valence-electron chi connectivity index (χ3n) is 3.07. The molecule has 1 amide bonds. The van der Waals surface area contributed by atoms with Crippen LogP contribution in [0.1, 0.15) is 31.8 Å². The van der Waals surface area contributed by atoms with Gasteiger partial charge in [-0.1, -0.05) is 6.58 Å². The number of carbonyl (C=O) groups is 1. The van der Waals surface area contributed by atoms with Crippen LogP contribution in [0.4, 0.5) is 19.0 Å². The van der Waals surface area contributed by atoms with Gasteiger partial charge in [-0.15, -0.1) is 0 Å². The number of anilines is 1. The second kappa shape index (κ2) is 9.77. The molecule has 2 rings (SSSR count). The van der Waals surface area contributed by atoms with Crippen LogP contribution >= 0.6 is 11.9 Å². The Labute approximate surface area is 155 Å². The second-order valence-corrected chi connectivity index (χ2v) is 6.90. The lowest BCUT2D eigenvalue weighted by molar-refractivity contribution is -0.181. The Morgan fingerprint density at radius 1 is 1.54 bits per heavy atom. The van der Waals surface area contributed by atoms with E-state index in [1.807, 2.05) is 6.92 Å². The topological polar surface area (TPSA) is 78.4 Å². The molecule has 10 heteroatoms. The first-order valence-electron chi connectivity index (χ1n) is 7.94. The number of carbonyl (C=O) groups excluding carboxylic acids is 1. The van der Waals surface area contributed by atoms with Crippen molar-refractivity contribution < 1.29 is 23.1 Å². The number of allylic oxidation sites excluding steroid dienone is 1. The fraction of sp³-hybridized carbons (Fsp3) is 0.562. The van der Waals surface area contributed by atoms with E-state index in [-0.39, 0.29) is 24.2 Å². The summed E-state index contributed by atoms with van der Waals surface area (Å²) >= 11 is 1.53. The highest BCUT2D eigenvalue weighted by molar-refractivity contribution is 7.98. The quantitative estimate of drug-likeness (QED) is 0.725. The number of hydrogen-bond donors (Lipinski definition) is 2. The van der Waals surface area contributed by atoms with Crippen LogP contribution < -0.4 is 5.32 Å². The summed E-state index contributed by atoms with van der Waals surface area (Å²) in [6.45, 7) is 8.03. The summed E-state index contributed by atoms with van der Waals surface area (Å²) in [4.78, 5) is 20.6. The van der Waals surface area contributed by atoms with E-state index in [1.54, 1.807) is 17.3 Å². The van der Waals surface area contributed by atoms with Crippen LogP contribution in [0.5, 0.6) is 0 Å². The van der Waals surface area contributed by atoms with E-state index in [9.17, 15) is 18.0 Å². The van der Waals surface area contributed by atoms with E-state index >= 15 is 0 Å². The van der Waals surface area contributed by atoms with Crippen molar-refractivity contribution in [3.8, 4) is 0 Å². The predicted octanol–water partition coefficient (Wildman–Crippen LogP) is 3.08. The first-order chi connectivity index (χ1) is 12.0. The van der Waals surface area contributed by atoms with Gasteiger partial charge in [0, 0.05) is 37.4 Å². The maximum Gasteiger partial charge on any atom is 0.350 e. The zero-order valence-corrected chi connectivity index (χ0v) is 15.7. The molecule has 0 unspecified atom stereocenters. The lowest BCUT2D eigenvalue weighted by Gasteiger charge is -2.31. The Hall–Kier alpha value is -1.81. The molecule has 0 aromatic carbocycles. The number of halogens is 3. The Balaban J connectivity index is 0.000000597. The van der Waals surface area contributed by atoms with Crippen molar-refractivity contribution in [1.82, 2.24) is 14.3 Å². The van der Waals surface area contributed by atoms with Gasteiger partial charge in [-0.25, -0.2) is 14.4 Å². The molecule has 0 radical (unpaired) electrons. The Bertz CT molecular complexity index is 630. The maximum absolute atomic E-state index is 12.7. The highest BCUT2D eigenvalue weighted by Crippen LogP contribution is 2.22. The largest absolute Gasteiger partial charge is 0.358 e. The fourth-order valence-corrected chi connectivity index (χ4v) is 2.60. The predicted molar refractivity (Wildman–Crippen MR) is 95.4 cm³/mol. The molecule has 0 spiro atoms. The molecule has 1 saturated heterocycles. The van der Waals surface area contributed by atoms with Gasteiger partial charge in [-0.2, -0.15) is 8.78 Å². The molecule has 1 aliphatic heterocycles. The Kier molecular flexibility index (Phi) is 8.35. The van der Waals surface area contributed by atoms with Gasteiger partial charge in [-0.3, -0.25) is 9.10 Å². The molecule has 0 bridgehead atoms. The minimum Gasteiger partial charge on any atom is -0.358 e. The summed E-state index contributed by atoms with van der Waals surface area (Å²) in [5.41, 5.74) is 0.738. The van der Waals surface area contributed by atoms with E-state index in [4.69, 9.17) is 5.11 Å². The monoisotopic (exact) mass is 392 g/mol. The Morgan fingerprint density at radius 3 is 2.58 bits per heavy atom. The summed E-state index contributed by atoms with van der Waals surface area (Å²) in [5.74, 6) is 1.86. The molecule has 26 heavy (non-hydrogen) atoms. The fourth-order valence-electron chi connectivity index (χ4n) is 1.95. The number of hydrogen-bond acceptors (Lipinski definition) is 6. The molecule has 0 saturated carbocycles. The van der Waals surface area contributed by atoms with E-state index in [1.165, 1.54) is 11.9 Å². The van der Waals surface area contributed by atoms with Crippen molar-refractivity contribution in [2.24, 2.45) is 0 Å². The minimum absolute atomic E-state index is 0.0428. The van der Waals surface area contributed by atoms with E-state index < -0.39 is 6.11 Å². The van der Waals surface area contributed by atoms with Crippen LogP contribution in [0.15, 0.2) is 18.5 Å². The summed E-state index contributed by atoms with van der Waals surface area (Å²) in [7, 11) is 0. The average Bonchev–Trinajstić information content (AvgIpc) is 2.40. The number of nitrogens with zero attached hydrogens (tertiary/aromatic N) is 3. The van der Waals surface area contributed by atoms with Gasteiger partial charge in [0.05, 0.1) is 5.83 Å². The molecule has 6 nitrogen and oxygen atoms in total. The van der Waals surface area contributed by atoms with Crippen molar-refractivity contribution in [2.75, 3.05) is 17.6 Å².